The maximum Gasteiger partial charge on any atom is 0.312 e. The highest BCUT2D eigenvalue weighted by atomic mass is 32.1. The molecule has 0 aliphatic heterocycles. The van der Waals surface area contributed by atoms with E-state index < -0.39 is 12.1 Å². The molecule has 2 atom stereocenters. The van der Waals surface area contributed by atoms with Crippen LogP contribution in [0, 0.1) is 5.92 Å². The molecule has 0 radical (unpaired) electrons. The van der Waals surface area contributed by atoms with Crippen molar-refractivity contribution < 1.29 is 9.53 Å². The molecule has 4 aromatic rings. The monoisotopic (exact) mass is 450 g/mol. The Hall–Kier alpha value is -3.33. The Morgan fingerprint density at radius 1 is 1.25 bits per heavy atom. The first-order chi connectivity index (χ1) is 15.4. The molecular weight excluding hydrogens is 428 g/mol. The Morgan fingerprint density at radius 3 is 2.84 bits per heavy atom. The number of esters is 1. The number of carbonyl (C=O) groups excluding carboxylic acids is 1. The van der Waals surface area contributed by atoms with Crippen LogP contribution in [-0.2, 0) is 28.8 Å². The van der Waals surface area contributed by atoms with Gasteiger partial charge in [-0.2, -0.15) is 5.10 Å². The zero-order chi connectivity index (χ0) is 22.4. The fourth-order valence-electron chi connectivity index (χ4n) is 4.30. The fraction of sp³-hybridized carbons (Fsp3) is 0.348. The van der Waals surface area contributed by atoms with Gasteiger partial charge in [-0.05, 0) is 43.7 Å². The molecule has 5 rings (SSSR count). The van der Waals surface area contributed by atoms with E-state index in [9.17, 15) is 14.4 Å². The molecule has 0 unspecified atom stereocenters. The number of H-pyrrole nitrogens is 2. The van der Waals surface area contributed by atoms with E-state index in [0.29, 0.717) is 38.4 Å². The van der Waals surface area contributed by atoms with Crippen molar-refractivity contribution in [3.05, 3.63) is 66.9 Å². The minimum Gasteiger partial charge on any atom is -0.454 e. The Balaban J connectivity index is 1.39. The smallest absolute Gasteiger partial charge is 0.312 e. The fourth-order valence-corrected chi connectivity index (χ4v) is 5.69. The topological polar surface area (TPSA) is 118 Å². The highest BCUT2D eigenvalue weighted by Crippen LogP contribution is 2.36. The summed E-state index contributed by atoms with van der Waals surface area (Å²) >= 11 is 1.56. The number of aromatic amines is 2. The van der Waals surface area contributed by atoms with Crippen LogP contribution in [0.2, 0.25) is 0 Å². The van der Waals surface area contributed by atoms with E-state index in [4.69, 9.17) is 4.74 Å². The minimum atomic E-state index is -0.730. The number of nitrogens with zero attached hydrogens (tertiary/aromatic N) is 2. The molecule has 3 heterocycles. The second kappa shape index (κ2) is 7.98. The van der Waals surface area contributed by atoms with Crippen LogP contribution >= 0.6 is 11.3 Å². The molecule has 0 bridgehead atoms. The third-order valence-corrected chi connectivity index (χ3v) is 7.11. The molecule has 0 saturated carbocycles. The molecule has 32 heavy (non-hydrogen) atoms. The van der Waals surface area contributed by atoms with Crippen LogP contribution in [0.1, 0.15) is 48.3 Å². The van der Waals surface area contributed by atoms with Crippen LogP contribution in [0.4, 0.5) is 0 Å². The lowest BCUT2D eigenvalue weighted by atomic mass is 9.89. The summed E-state index contributed by atoms with van der Waals surface area (Å²) in [7, 11) is 0. The lowest BCUT2D eigenvalue weighted by molar-refractivity contribution is -0.148. The second-order valence-corrected chi connectivity index (χ2v) is 9.42. The highest BCUT2D eigenvalue weighted by molar-refractivity contribution is 7.18. The Morgan fingerprint density at radius 2 is 2.03 bits per heavy atom. The van der Waals surface area contributed by atoms with Crippen molar-refractivity contribution in [1.29, 1.82) is 0 Å². The molecule has 0 fully saturated rings. The Bertz CT molecular complexity index is 1470. The standard InChI is InChI=1S/C23H22N4O4S/c1-11-7-8-15-17(9-11)32-23-19(15)22(30)24-20(25-23)12(2)31-18(28)10-16-13-5-3-4-6-14(13)21(29)27-26-16/h3-6,11-12H,7-10H2,1-2H3,(H,27,29)(H,24,25,30)/t11-,12-/m0/s1. The number of aromatic nitrogens is 4. The first-order valence-electron chi connectivity index (χ1n) is 10.6. The molecule has 1 aromatic carbocycles. The van der Waals surface area contributed by atoms with Gasteiger partial charge in [0.15, 0.2) is 11.9 Å². The van der Waals surface area contributed by atoms with E-state index in [1.807, 2.05) is 0 Å². The molecule has 0 amide bonds. The van der Waals surface area contributed by atoms with Crippen molar-refractivity contribution in [3.8, 4) is 0 Å². The van der Waals surface area contributed by atoms with Gasteiger partial charge in [0.1, 0.15) is 4.83 Å². The number of hydrogen-bond acceptors (Lipinski definition) is 7. The largest absolute Gasteiger partial charge is 0.454 e. The van der Waals surface area contributed by atoms with E-state index in [-0.39, 0.29) is 17.5 Å². The van der Waals surface area contributed by atoms with Crippen molar-refractivity contribution in [2.75, 3.05) is 0 Å². The Labute approximate surface area is 186 Å². The molecule has 8 nitrogen and oxygen atoms in total. The molecule has 0 saturated heterocycles. The molecule has 1 aliphatic rings. The lowest BCUT2D eigenvalue weighted by Gasteiger charge is -2.17. The van der Waals surface area contributed by atoms with Crippen LogP contribution in [0.15, 0.2) is 33.9 Å². The summed E-state index contributed by atoms with van der Waals surface area (Å²) in [5, 5.41) is 8.17. The number of rotatable bonds is 4. The van der Waals surface area contributed by atoms with Crippen molar-refractivity contribution in [2.24, 2.45) is 5.92 Å². The van der Waals surface area contributed by atoms with Gasteiger partial charge in [0.05, 0.1) is 22.9 Å². The van der Waals surface area contributed by atoms with Crippen LogP contribution in [0.25, 0.3) is 21.0 Å². The molecule has 3 aromatic heterocycles. The van der Waals surface area contributed by atoms with Gasteiger partial charge in [-0.3, -0.25) is 14.4 Å². The maximum atomic E-state index is 12.8. The van der Waals surface area contributed by atoms with Gasteiger partial charge in [0, 0.05) is 10.3 Å². The van der Waals surface area contributed by atoms with Gasteiger partial charge < -0.3 is 9.72 Å². The number of thiophene rings is 1. The zero-order valence-electron chi connectivity index (χ0n) is 17.7. The summed E-state index contributed by atoms with van der Waals surface area (Å²) in [6.07, 6.45) is 2.09. The van der Waals surface area contributed by atoms with E-state index in [1.165, 1.54) is 4.88 Å². The molecule has 2 N–H and O–H groups in total. The number of aryl methyl sites for hydroxylation is 1. The van der Waals surface area contributed by atoms with Gasteiger partial charge in [-0.15, -0.1) is 11.3 Å². The van der Waals surface area contributed by atoms with Crippen molar-refractivity contribution >= 4 is 38.3 Å². The van der Waals surface area contributed by atoms with Crippen LogP contribution in [0.5, 0.6) is 0 Å². The van der Waals surface area contributed by atoms with Crippen LogP contribution < -0.4 is 11.1 Å². The quantitative estimate of drug-likeness (QED) is 0.461. The number of benzene rings is 1. The van der Waals surface area contributed by atoms with Gasteiger partial charge in [0.25, 0.3) is 11.1 Å². The average molecular weight is 451 g/mol. The summed E-state index contributed by atoms with van der Waals surface area (Å²) in [5.41, 5.74) is 1.04. The van der Waals surface area contributed by atoms with Crippen molar-refractivity contribution in [2.45, 2.75) is 45.6 Å². The number of nitrogens with one attached hydrogen (secondary N) is 2. The molecule has 164 valence electrons. The summed E-state index contributed by atoms with van der Waals surface area (Å²) < 4.78 is 5.54. The average Bonchev–Trinajstić information content (AvgIpc) is 3.13. The molecule has 9 heteroatoms. The van der Waals surface area contributed by atoms with Crippen molar-refractivity contribution in [3.63, 3.8) is 0 Å². The van der Waals surface area contributed by atoms with Gasteiger partial charge in [-0.25, -0.2) is 10.1 Å². The third kappa shape index (κ3) is 3.62. The number of carbonyl (C=O) groups is 1. The molecule has 0 spiro atoms. The summed E-state index contributed by atoms with van der Waals surface area (Å²) in [6.45, 7) is 3.90. The summed E-state index contributed by atoms with van der Waals surface area (Å²) in [5.74, 6) is 0.401. The van der Waals surface area contributed by atoms with Crippen LogP contribution in [-0.4, -0.2) is 26.1 Å². The van der Waals surface area contributed by atoms with E-state index in [1.54, 1.807) is 42.5 Å². The lowest BCUT2D eigenvalue weighted by Crippen LogP contribution is -2.20. The van der Waals surface area contributed by atoms with E-state index in [2.05, 4.69) is 27.1 Å². The SMILES string of the molecule is C[C@H]1CCc2c(sc3nc([C@H](C)OC(=O)Cc4n[nH]c(=O)c5ccccc45)[nH]c(=O)c23)C1. The number of fused-ring (bicyclic) bond motifs is 4. The van der Waals surface area contributed by atoms with Gasteiger partial charge in [-0.1, -0.05) is 25.1 Å². The highest BCUT2D eigenvalue weighted by Gasteiger charge is 2.24. The summed E-state index contributed by atoms with van der Waals surface area (Å²) in [6, 6.07) is 6.96. The second-order valence-electron chi connectivity index (χ2n) is 8.34. The normalized spacial score (nSPS) is 16.8. The van der Waals surface area contributed by atoms with E-state index in [0.717, 1.165) is 24.8 Å². The zero-order valence-corrected chi connectivity index (χ0v) is 18.5. The van der Waals surface area contributed by atoms with Crippen molar-refractivity contribution in [1.82, 2.24) is 20.2 Å². The maximum absolute atomic E-state index is 12.8. The van der Waals surface area contributed by atoms with Gasteiger partial charge >= 0.3 is 5.97 Å². The number of hydrogen-bond donors (Lipinski definition) is 2. The molecular formula is C23H22N4O4S. The predicted molar refractivity (Wildman–Crippen MR) is 122 cm³/mol. The first-order valence-corrected chi connectivity index (χ1v) is 11.4. The van der Waals surface area contributed by atoms with E-state index >= 15 is 0 Å². The Kier molecular flexibility index (Phi) is 5.13. The van der Waals surface area contributed by atoms with Crippen LogP contribution in [0.3, 0.4) is 0 Å². The first kappa shape index (κ1) is 20.6. The molecule has 1 aliphatic carbocycles. The summed E-state index contributed by atoms with van der Waals surface area (Å²) in [4.78, 5) is 46.7. The predicted octanol–water partition coefficient (Wildman–Crippen LogP) is 3.19. The van der Waals surface area contributed by atoms with Gasteiger partial charge in [0.2, 0.25) is 0 Å². The number of ether oxygens (including phenoxy) is 1. The minimum absolute atomic E-state index is 0.112. The third-order valence-electron chi connectivity index (χ3n) is 5.96.